The molecule has 0 aromatic carbocycles. The minimum Gasteiger partial charge on any atom is -0.386 e. The summed E-state index contributed by atoms with van der Waals surface area (Å²) in [5.41, 5.74) is 0.979. The molecule has 1 fully saturated rings. The van der Waals surface area contributed by atoms with Crippen molar-refractivity contribution in [1.29, 1.82) is 0 Å². The minimum atomic E-state index is -5.88. The second-order valence-electron chi connectivity index (χ2n) is 6.72. The highest BCUT2D eigenvalue weighted by atomic mass is 31.3. The van der Waals surface area contributed by atoms with Gasteiger partial charge in [-0.15, -0.1) is 0 Å². The number of anilines is 1. The molecule has 3 unspecified atom stereocenters. The zero-order valence-electron chi connectivity index (χ0n) is 17.1. The molecule has 0 amide bonds. The van der Waals surface area contributed by atoms with E-state index in [1.807, 2.05) is 5.92 Å². The number of alkyl halides is 1. The fourth-order valence-corrected chi connectivity index (χ4v) is 6.07. The summed E-state index contributed by atoms with van der Waals surface area (Å²) in [5, 5.41) is 21.4. The average Bonchev–Trinajstić information content (AvgIpc) is 2.91. The molecule has 1 aliphatic rings. The predicted molar refractivity (Wildman–Crippen MR) is 106 cm³/mol. The van der Waals surface area contributed by atoms with Gasteiger partial charge < -0.3 is 40.3 Å². The van der Waals surface area contributed by atoms with E-state index in [1.54, 1.807) is 5.92 Å². The Balaban J connectivity index is 2.38. The first kappa shape index (κ1) is 29.6. The van der Waals surface area contributed by atoms with Crippen molar-refractivity contribution in [1.82, 2.24) is 9.55 Å². The molecule has 2 heterocycles. The second-order valence-corrected chi connectivity index (χ2v) is 11.1. The van der Waals surface area contributed by atoms with Crippen LogP contribution in [0.3, 0.4) is 0 Å². The van der Waals surface area contributed by atoms with Gasteiger partial charge in [-0.05, 0) is 6.92 Å². The van der Waals surface area contributed by atoms with Gasteiger partial charge in [0.15, 0.2) is 23.5 Å². The molecule has 7 atom stereocenters. The van der Waals surface area contributed by atoms with Crippen LogP contribution in [0.2, 0.25) is 0 Å². The summed E-state index contributed by atoms with van der Waals surface area (Å²) in [7, 11) is -17.3. The summed E-state index contributed by atoms with van der Waals surface area (Å²) < 4.78 is 77.9. The Bertz CT molecular complexity index is 1230. The van der Waals surface area contributed by atoms with Crippen LogP contribution in [-0.2, 0) is 31.6 Å². The van der Waals surface area contributed by atoms with Gasteiger partial charge in [-0.2, -0.15) is 13.6 Å². The molecule has 2 rings (SSSR count). The van der Waals surface area contributed by atoms with Gasteiger partial charge in [-0.3, -0.25) is 9.09 Å². The van der Waals surface area contributed by atoms with E-state index >= 15 is 0 Å². The number of hydrogen-bond donors (Lipinski definition) is 7. The van der Waals surface area contributed by atoms with E-state index < -0.39 is 77.6 Å². The highest BCUT2D eigenvalue weighted by Crippen LogP contribution is 2.66. The standard InChI is InChI=1S/C13H18F2N3O14P3/c1-6(30-34(25,26)32-35(27,28)31-33(22,23)24)8-9(19)13(21,3-2-4-14)11(29-8)18-5-7(15)10(16)17-12(18)20/h5-6,8-9,11,19,21H,4H2,1H3,(H,25,26)(H,27,28)(H2,16,17,20)(H2,22,23,24)/t6-,8+,9-,11+,13?/m0/s1. The number of ether oxygens (including phenoxy) is 1. The highest BCUT2D eigenvalue weighted by Gasteiger charge is 2.58. The van der Waals surface area contributed by atoms with Crippen LogP contribution < -0.4 is 11.4 Å². The van der Waals surface area contributed by atoms with Crippen molar-refractivity contribution in [3.63, 3.8) is 0 Å². The lowest BCUT2D eigenvalue weighted by Gasteiger charge is -2.27. The second kappa shape index (κ2) is 10.4. The topological polar surface area (TPSA) is 270 Å². The first-order valence-electron chi connectivity index (χ1n) is 8.80. The molecular weight excluding hydrogens is 553 g/mol. The number of nitrogen functional groups attached to an aromatic ring is 1. The van der Waals surface area contributed by atoms with Crippen LogP contribution in [0.15, 0.2) is 11.0 Å². The normalized spacial score (nSPS) is 29.0. The molecule has 1 aromatic heterocycles. The number of aromatic nitrogens is 2. The van der Waals surface area contributed by atoms with E-state index in [4.69, 9.17) is 20.3 Å². The monoisotopic (exact) mass is 571 g/mol. The van der Waals surface area contributed by atoms with Crippen LogP contribution in [0.5, 0.6) is 0 Å². The number of phosphoric acid groups is 3. The Morgan fingerprint density at radius 1 is 1.29 bits per heavy atom. The van der Waals surface area contributed by atoms with Crippen molar-refractivity contribution in [3.8, 4) is 11.8 Å². The Morgan fingerprint density at radius 2 is 1.89 bits per heavy atom. The van der Waals surface area contributed by atoms with E-state index in [9.17, 15) is 47.3 Å². The summed E-state index contributed by atoms with van der Waals surface area (Å²) in [5.74, 6) is 1.56. The van der Waals surface area contributed by atoms with Gasteiger partial charge in [-0.1, -0.05) is 11.8 Å². The molecule has 0 aliphatic carbocycles. The van der Waals surface area contributed by atoms with Crippen molar-refractivity contribution in [2.45, 2.75) is 37.1 Å². The Hall–Kier alpha value is -1.61. The minimum absolute atomic E-state index is 0.291. The van der Waals surface area contributed by atoms with Crippen molar-refractivity contribution in [2.24, 2.45) is 0 Å². The van der Waals surface area contributed by atoms with E-state index in [-0.39, 0.29) is 0 Å². The zero-order valence-corrected chi connectivity index (χ0v) is 19.8. The Morgan fingerprint density at radius 3 is 2.43 bits per heavy atom. The van der Waals surface area contributed by atoms with Gasteiger partial charge in [0.1, 0.15) is 18.9 Å². The maximum Gasteiger partial charge on any atom is 0.490 e. The largest absolute Gasteiger partial charge is 0.490 e. The number of aliphatic hydroxyl groups excluding tert-OH is 1. The van der Waals surface area contributed by atoms with Gasteiger partial charge in [0.05, 0.1) is 12.3 Å². The molecule has 0 bridgehead atoms. The third-order valence-corrected chi connectivity index (χ3v) is 8.07. The Labute approximate surface area is 193 Å². The predicted octanol–water partition coefficient (Wildman–Crippen LogP) is -1.34. The number of hydrogen-bond acceptors (Lipinski definition) is 12. The van der Waals surface area contributed by atoms with Crippen LogP contribution >= 0.6 is 23.5 Å². The van der Waals surface area contributed by atoms with Crippen LogP contribution in [0.25, 0.3) is 0 Å². The van der Waals surface area contributed by atoms with Crippen molar-refractivity contribution in [2.75, 3.05) is 12.4 Å². The smallest absolute Gasteiger partial charge is 0.386 e. The van der Waals surface area contributed by atoms with Gasteiger partial charge >= 0.3 is 29.2 Å². The van der Waals surface area contributed by atoms with Crippen LogP contribution in [-0.4, -0.2) is 69.9 Å². The maximum atomic E-state index is 13.9. The molecule has 8 N–H and O–H groups in total. The molecule has 22 heteroatoms. The van der Waals surface area contributed by atoms with Crippen LogP contribution in [0, 0.1) is 17.7 Å². The van der Waals surface area contributed by atoms with Gasteiger partial charge in [0, 0.05) is 0 Å². The average molecular weight is 571 g/mol. The number of aliphatic hydroxyl groups is 2. The maximum absolute atomic E-state index is 13.9. The van der Waals surface area contributed by atoms with E-state index in [2.05, 4.69) is 18.1 Å². The van der Waals surface area contributed by atoms with E-state index in [0.29, 0.717) is 10.8 Å². The summed E-state index contributed by atoms with van der Waals surface area (Å²) in [6.07, 6.45) is -7.83. The third-order valence-electron chi connectivity index (χ3n) is 4.14. The lowest BCUT2D eigenvalue weighted by atomic mass is 9.92. The fraction of sp³-hybridized carbons (Fsp3) is 0.538. The summed E-state index contributed by atoms with van der Waals surface area (Å²) in [6, 6.07) is 0. The first-order valence-corrected chi connectivity index (χ1v) is 13.3. The summed E-state index contributed by atoms with van der Waals surface area (Å²) in [4.78, 5) is 51.3. The Kier molecular flexibility index (Phi) is 8.80. The number of rotatable bonds is 8. The number of halogens is 2. The van der Waals surface area contributed by atoms with Crippen molar-refractivity contribution < 1.29 is 70.1 Å². The summed E-state index contributed by atoms with van der Waals surface area (Å²) in [6.45, 7) is -0.477. The first-order chi connectivity index (χ1) is 15.8. The number of nitrogens with zero attached hydrogens (tertiary/aromatic N) is 2. The molecule has 35 heavy (non-hydrogen) atoms. The molecule has 1 aliphatic heterocycles. The lowest BCUT2D eigenvalue weighted by Crippen LogP contribution is -2.49. The van der Waals surface area contributed by atoms with E-state index in [1.165, 1.54) is 0 Å². The number of nitrogens with two attached hydrogens (primary N) is 1. The van der Waals surface area contributed by atoms with Crippen LogP contribution in [0.4, 0.5) is 14.6 Å². The lowest BCUT2D eigenvalue weighted by molar-refractivity contribution is -0.0872. The van der Waals surface area contributed by atoms with Crippen molar-refractivity contribution in [3.05, 3.63) is 22.5 Å². The number of phosphoric ester groups is 1. The van der Waals surface area contributed by atoms with Crippen LogP contribution in [0.1, 0.15) is 13.2 Å². The summed E-state index contributed by atoms with van der Waals surface area (Å²) >= 11 is 0. The molecule has 198 valence electrons. The molecule has 0 radical (unpaired) electrons. The van der Waals surface area contributed by atoms with Crippen molar-refractivity contribution >= 4 is 29.3 Å². The SMILES string of the molecule is C[C@H](OP(=O)(O)OP(=O)(O)OP(=O)(O)O)[C@H]1O[C@@H](n2cc(F)c(N)nc2=O)C(O)(C#CCF)[C@H]1O. The molecular formula is C13H18F2N3O14P3. The molecule has 0 saturated carbocycles. The quantitative estimate of drug-likeness (QED) is 0.140. The highest BCUT2D eigenvalue weighted by molar-refractivity contribution is 7.66. The molecule has 1 aromatic rings. The third kappa shape index (κ3) is 7.21. The fourth-order valence-electron chi connectivity index (χ4n) is 2.87. The molecule has 1 saturated heterocycles. The molecule has 0 spiro atoms. The molecule has 17 nitrogen and oxygen atoms in total. The van der Waals surface area contributed by atoms with Gasteiger partial charge in [0.25, 0.3) is 0 Å². The zero-order chi connectivity index (χ0) is 27.0. The van der Waals surface area contributed by atoms with Gasteiger partial charge in [0.2, 0.25) is 0 Å². The van der Waals surface area contributed by atoms with Gasteiger partial charge in [-0.25, -0.2) is 27.3 Å². The van der Waals surface area contributed by atoms with E-state index in [0.717, 1.165) is 6.92 Å².